The maximum atomic E-state index is 11.9. The van der Waals surface area contributed by atoms with Crippen molar-refractivity contribution in [2.45, 2.75) is 24.8 Å². The van der Waals surface area contributed by atoms with E-state index in [1.165, 1.54) is 11.1 Å². The predicted octanol–water partition coefficient (Wildman–Crippen LogP) is 3.28. The minimum absolute atomic E-state index is 0.0302. The van der Waals surface area contributed by atoms with Crippen LogP contribution in [-0.4, -0.2) is 43.5 Å². The minimum atomic E-state index is -2.96. The molecule has 2 aromatic rings. The number of thioether (sulfide) groups is 1. The number of sulfone groups is 1. The number of anilines is 1. The number of hydrogen-bond acceptors (Lipinski definition) is 6. The Morgan fingerprint density at radius 1 is 1.15 bits per heavy atom. The second-order valence-corrected chi connectivity index (χ2v) is 10.3. The lowest BCUT2D eigenvalue weighted by atomic mass is 10.1. The van der Waals surface area contributed by atoms with Crippen LogP contribution >= 0.6 is 11.8 Å². The largest absolute Gasteiger partial charge is 0.497 e. The van der Waals surface area contributed by atoms with Crippen molar-refractivity contribution in [1.82, 2.24) is 0 Å². The highest BCUT2D eigenvalue weighted by Gasteiger charge is 2.44. The van der Waals surface area contributed by atoms with Crippen LogP contribution in [0.5, 0.6) is 5.75 Å². The molecule has 0 radical (unpaired) electrons. The van der Waals surface area contributed by atoms with Gasteiger partial charge in [0.1, 0.15) is 5.75 Å². The van der Waals surface area contributed by atoms with E-state index in [9.17, 15) is 8.42 Å². The van der Waals surface area contributed by atoms with Gasteiger partial charge in [-0.3, -0.25) is 4.99 Å². The van der Waals surface area contributed by atoms with E-state index in [1.807, 2.05) is 36.4 Å². The molecule has 0 aromatic heterocycles. The molecule has 2 aliphatic rings. The van der Waals surface area contributed by atoms with Gasteiger partial charge in [-0.2, -0.15) is 0 Å². The van der Waals surface area contributed by atoms with Crippen LogP contribution in [0.1, 0.15) is 11.1 Å². The third-order valence-electron chi connectivity index (χ3n) is 5.01. The van der Waals surface area contributed by atoms with Gasteiger partial charge in [0.2, 0.25) is 0 Å². The number of rotatable bonds is 4. The van der Waals surface area contributed by atoms with E-state index in [2.05, 4.69) is 24.0 Å². The molecular formula is C20H22N2O3S2. The van der Waals surface area contributed by atoms with Gasteiger partial charge >= 0.3 is 0 Å². The third kappa shape index (κ3) is 3.84. The fourth-order valence-electron chi connectivity index (χ4n) is 3.46. The molecule has 0 amide bonds. The molecule has 0 bridgehead atoms. The number of aliphatic imine (C=N–C) groups is 1. The van der Waals surface area contributed by atoms with Gasteiger partial charge < -0.3 is 9.64 Å². The topological polar surface area (TPSA) is 59.0 Å². The lowest BCUT2D eigenvalue weighted by Gasteiger charge is -2.25. The molecule has 0 saturated carbocycles. The summed E-state index contributed by atoms with van der Waals surface area (Å²) < 4.78 is 29.0. The molecule has 2 aromatic carbocycles. The fourth-order valence-corrected chi connectivity index (χ4v) is 7.24. The zero-order valence-corrected chi connectivity index (χ0v) is 17.0. The summed E-state index contributed by atoms with van der Waals surface area (Å²) in [5.41, 5.74) is 3.47. The molecule has 142 valence electrons. The van der Waals surface area contributed by atoms with E-state index in [0.29, 0.717) is 6.54 Å². The number of benzene rings is 2. The number of fused-ring (bicyclic) bond motifs is 1. The monoisotopic (exact) mass is 402 g/mol. The van der Waals surface area contributed by atoms with Crippen molar-refractivity contribution in [3.8, 4) is 5.75 Å². The minimum Gasteiger partial charge on any atom is -0.497 e. The zero-order valence-electron chi connectivity index (χ0n) is 15.3. The van der Waals surface area contributed by atoms with Crippen LogP contribution in [-0.2, 0) is 16.4 Å². The molecule has 1 fully saturated rings. The Hall–Kier alpha value is -1.99. The van der Waals surface area contributed by atoms with Crippen molar-refractivity contribution >= 4 is 32.5 Å². The summed E-state index contributed by atoms with van der Waals surface area (Å²) in [6.45, 7) is 2.80. The van der Waals surface area contributed by atoms with Crippen LogP contribution in [0.15, 0.2) is 53.5 Å². The molecule has 2 unspecified atom stereocenters. The first-order valence-corrected chi connectivity index (χ1v) is 11.6. The van der Waals surface area contributed by atoms with E-state index >= 15 is 0 Å². The van der Waals surface area contributed by atoms with Crippen LogP contribution in [0.25, 0.3) is 0 Å². The van der Waals surface area contributed by atoms with Crippen molar-refractivity contribution in [2.75, 3.05) is 23.5 Å². The Morgan fingerprint density at radius 3 is 2.56 bits per heavy atom. The van der Waals surface area contributed by atoms with Crippen molar-refractivity contribution in [2.24, 2.45) is 4.99 Å². The Labute approximate surface area is 164 Å². The fraction of sp³-hybridized carbons (Fsp3) is 0.350. The lowest BCUT2D eigenvalue weighted by Crippen LogP contribution is -2.28. The molecule has 0 N–H and O–H groups in total. The molecule has 27 heavy (non-hydrogen) atoms. The Bertz CT molecular complexity index is 971. The number of methoxy groups -OCH3 is 1. The van der Waals surface area contributed by atoms with Crippen molar-refractivity contribution in [3.63, 3.8) is 0 Å². The van der Waals surface area contributed by atoms with E-state index in [0.717, 1.165) is 16.6 Å². The Morgan fingerprint density at radius 2 is 1.89 bits per heavy atom. The predicted molar refractivity (Wildman–Crippen MR) is 112 cm³/mol. The highest BCUT2D eigenvalue weighted by Crippen LogP contribution is 2.37. The first-order chi connectivity index (χ1) is 12.9. The van der Waals surface area contributed by atoms with Crippen molar-refractivity contribution in [3.05, 3.63) is 59.7 Å². The Balaban J connectivity index is 1.67. The van der Waals surface area contributed by atoms with Gasteiger partial charge in [0.15, 0.2) is 15.0 Å². The van der Waals surface area contributed by atoms with E-state index < -0.39 is 9.84 Å². The van der Waals surface area contributed by atoms with Crippen LogP contribution in [0, 0.1) is 6.92 Å². The SMILES string of the molecule is COc1ccc(N(Cc2ccccc2C)C2=NC3CS(=O)(=O)CC3S2)cc1. The first kappa shape index (κ1) is 18.4. The van der Waals surface area contributed by atoms with Gasteiger partial charge in [0.05, 0.1) is 31.2 Å². The summed E-state index contributed by atoms with van der Waals surface area (Å²) >= 11 is 1.59. The number of ether oxygens (including phenoxy) is 1. The summed E-state index contributed by atoms with van der Waals surface area (Å²) in [5.74, 6) is 1.18. The van der Waals surface area contributed by atoms with E-state index in [1.54, 1.807) is 18.9 Å². The van der Waals surface area contributed by atoms with Crippen molar-refractivity contribution < 1.29 is 13.2 Å². The molecular weight excluding hydrogens is 380 g/mol. The molecule has 2 heterocycles. The molecule has 7 heteroatoms. The summed E-state index contributed by atoms with van der Waals surface area (Å²) in [4.78, 5) is 6.96. The number of hydrogen-bond donors (Lipinski definition) is 0. The number of aryl methyl sites for hydroxylation is 1. The molecule has 0 aliphatic carbocycles. The standard InChI is InChI=1S/C20H22N2O3S2/c1-14-5-3-4-6-15(14)11-22(16-7-9-17(25-2)10-8-16)20-21-18-12-27(23,24)13-19(18)26-20/h3-10,18-19H,11-13H2,1-2H3. The average molecular weight is 403 g/mol. The molecule has 2 aliphatic heterocycles. The highest BCUT2D eigenvalue weighted by atomic mass is 32.2. The first-order valence-electron chi connectivity index (χ1n) is 8.86. The van der Waals surface area contributed by atoms with Gasteiger partial charge in [-0.25, -0.2) is 8.42 Å². The average Bonchev–Trinajstić information content (AvgIpc) is 3.14. The summed E-state index contributed by atoms with van der Waals surface area (Å²) in [6, 6.07) is 16.1. The maximum Gasteiger partial charge on any atom is 0.164 e. The van der Waals surface area contributed by atoms with Crippen LogP contribution in [0.4, 0.5) is 5.69 Å². The molecule has 0 spiro atoms. The lowest BCUT2D eigenvalue weighted by molar-refractivity contribution is 0.415. The van der Waals surface area contributed by atoms with Gasteiger partial charge in [-0.15, -0.1) is 0 Å². The summed E-state index contributed by atoms with van der Waals surface area (Å²) in [6.07, 6.45) is 0. The zero-order chi connectivity index (χ0) is 19.0. The number of nitrogens with zero attached hydrogens (tertiary/aromatic N) is 2. The van der Waals surface area contributed by atoms with E-state index in [4.69, 9.17) is 9.73 Å². The van der Waals surface area contributed by atoms with Gasteiger partial charge in [-0.1, -0.05) is 36.0 Å². The van der Waals surface area contributed by atoms with Gasteiger partial charge in [0, 0.05) is 10.9 Å². The van der Waals surface area contributed by atoms with Gasteiger partial charge in [-0.05, 0) is 42.3 Å². The number of amidine groups is 1. The van der Waals surface area contributed by atoms with E-state index in [-0.39, 0.29) is 22.8 Å². The smallest absolute Gasteiger partial charge is 0.164 e. The molecule has 5 nitrogen and oxygen atoms in total. The second kappa shape index (κ2) is 7.20. The maximum absolute atomic E-state index is 11.9. The normalized spacial score (nSPS) is 23.0. The van der Waals surface area contributed by atoms with Crippen LogP contribution in [0.3, 0.4) is 0 Å². The molecule has 1 saturated heterocycles. The summed E-state index contributed by atoms with van der Waals surface area (Å²) in [7, 11) is -1.31. The van der Waals surface area contributed by atoms with Crippen LogP contribution < -0.4 is 9.64 Å². The quantitative estimate of drug-likeness (QED) is 0.786. The third-order valence-corrected chi connectivity index (χ3v) is 8.26. The second-order valence-electron chi connectivity index (χ2n) is 6.92. The molecule has 4 rings (SSSR count). The summed E-state index contributed by atoms with van der Waals surface area (Å²) in [5, 5.41) is 0.927. The van der Waals surface area contributed by atoms with Crippen LogP contribution in [0.2, 0.25) is 0 Å². The van der Waals surface area contributed by atoms with Crippen molar-refractivity contribution in [1.29, 1.82) is 0 Å². The Kier molecular flexibility index (Phi) is 4.90. The molecule has 2 atom stereocenters. The van der Waals surface area contributed by atoms with Gasteiger partial charge in [0.25, 0.3) is 0 Å². The highest BCUT2D eigenvalue weighted by molar-refractivity contribution is 8.15.